The molecule has 1 aromatic carbocycles. The molecule has 1 heterocycles. The number of rotatable bonds is 8. The summed E-state index contributed by atoms with van der Waals surface area (Å²) in [5.74, 6) is -2.89. The molecule has 0 saturated heterocycles. The van der Waals surface area contributed by atoms with Gasteiger partial charge in [0.2, 0.25) is 0 Å². The number of amides is 1. The van der Waals surface area contributed by atoms with Gasteiger partial charge < -0.3 is 20.1 Å². The third-order valence-electron chi connectivity index (χ3n) is 3.67. The number of carbonyl (C=O) groups excluding carboxylic acids is 2. The summed E-state index contributed by atoms with van der Waals surface area (Å²) in [5, 5.41) is 3.65. The summed E-state index contributed by atoms with van der Waals surface area (Å²) in [6.07, 6.45) is -3.93. The average molecular weight is 411 g/mol. The maximum Gasteiger partial charge on any atom is 0.441 e. The highest BCUT2D eigenvalue weighted by atomic mass is 19.4. The molecule has 0 unspecified atom stereocenters. The second-order valence-corrected chi connectivity index (χ2v) is 5.96. The fourth-order valence-electron chi connectivity index (χ4n) is 2.27. The van der Waals surface area contributed by atoms with E-state index in [-0.39, 0.29) is 18.2 Å². The Labute approximate surface area is 165 Å². The van der Waals surface area contributed by atoms with E-state index in [0.29, 0.717) is 5.56 Å². The Bertz CT molecular complexity index is 829. The fraction of sp³-hybridized carbons (Fsp3) is 0.316. The van der Waals surface area contributed by atoms with Crippen LogP contribution in [0.4, 0.5) is 19.0 Å². The smallest absolute Gasteiger partial charge is 0.441 e. The normalized spacial score (nSPS) is 13.1. The van der Waals surface area contributed by atoms with Crippen LogP contribution >= 0.6 is 0 Å². The second kappa shape index (κ2) is 9.26. The number of halogens is 3. The number of carbonyl (C=O) groups is 2. The number of hydrogen-bond acceptors (Lipinski definition) is 6. The minimum Gasteiger partial charge on any atom is -0.484 e. The van der Waals surface area contributed by atoms with Crippen LogP contribution in [0.25, 0.3) is 0 Å². The van der Waals surface area contributed by atoms with E-state index in [0.717, 1.165) is 0 Å². The third-order valence-corrected chi connectivity index (χ3v) is 3.67. The summed E-state index contributed by atoms with van der Waals surface area (Å²) < 4.78 is 51.7. The number of ether oxygens (including phenoxy) is 2. The number of hydrogen-bond donors (Lipinski definition) is 2. The number of esters is 1. The van der Waals surface area contributed by atoms with E-state index in [1.54, 1.807) is 30.4 Å². The molecule has 0 fully saturated rings. The molecule has 0 bridgehead atoms. The van der Waals surface area contributed by atoms with Gasteiger partial charge in [-0.25, -0.2) is 9.78 Å². The Morgan fingerprint density at radius 1 is 1.10 bits per heavy atom. The molecule has 1 aromatic heterocycles. The van der Waals surface area contributed by atoms with Gasteiger partial charge in [0.15, 0.2) is 6.61 Å². The molecule has 7 nitrogen and oxygen atoms in total. The largest absolute Gasteiger partial charge is 0.484 e. The highest BCUT2D eigenvalue weighted by molar-refractivity contribution is 5.91. The molecule has 156 valence electrons. The number of benzene rings is 1. The summed E-state index contributed by atoms with van der Waals surface area (Å²) in [7, 11) is 0. The van der Waals surface area contributed by atoms with Crippen LogP contribution in [0.15, 0.2) is 48.7 Å². The minimum atomic E-state index is -5.24. The number of anilines is 1. The Morgan fingerprint density at radius 3 is 2.34 bits per heavy atom. The lowest BCUT2D eigenvalue weighted by Gasteiger charge is -2.34. The summed E-state index contributed by atoms with van der Waals surface area (Å²) in [6.45, 7) is 1.98. The van der Waals surface area contributed by atoms with Crippen LogP contribution in [0.2, 0.25) is 0 Å². The number of nitrogens with zero attached hydrogens (tertiary/aromatic N) is 1. The van der Waals surface area contributed by atoms with Gasteiger partial charge in [-0.15, -0.1) is 0 Å². The number of pyridine rings is 1. The van der Waals surface area contributed by atoms with Crippen molar-refractivity contribution in [2.45, 2.75) is 25.7 Å². The molecule has 0 aliphatic rings. The number of aryl methyl sites for hydroxylation is 1. The molecule has 2 aromatic rings. The van der Waals surface area contributed by atoms with Gasteiger partial charge >= 0.3 is 17.8 Å². The molecule has 0 aliphatic heterocycles. The lowest BCUT2D eigenvalue weighted by Crippen LogP contribution is -2.70. The first-order valence-electron chi connectivity index (χ1n) is 8.61. The summed E-state index contributed by atoms with van der Waals surface area (Å²) in [5.41, 5.74) is -2.84. The molecule has 0 aliphatic carbocycles. The van der Waals surface area contributed by atoms with Crippen molar-refractivity contribution >= 4 is 17.7 Å². The lowest BCUT2D eigenvalue weighted by molar-refractivity contribution is -0.208. The first kappa shape index (κ1) is 22.0. The van der Waals surface area contributed by atoms with Gasteiger partial charge in [0, 0.05) is 6.20 Å². The Hall–Kier alpha value is -3.30. The van der Waals surface area contributed by atoms with E-state index in [2.05, 4.69) is 9.72 Å². The van der Waals surface area contributed by atoms with Gasteiger partial charge in [-0.3, -0.25) is 4.79 Å². The summed E-state index contributed by atoms with van der Waals surface area (Å²) >= 11 is 0. The Balaban J connectivity index is 2.29. The highest BCUT2D eigenvalue weighted by Crippen LogP contribution is 2.32. The maximum atomic E-state index is 14.0. The van der Waals surface area contributed by atoms with Gasteiger partial charge in [-0.05, 0) is 37.6 Å². The van der Waals surface area contributed by atoms with Crippen molar-refractivity contribution in [1.29, 1.82) is 0 Å². The Kier molecular flexibility index (Phi) is 7.03. The van der Waals surface area contributed by atoms with Crippen LogP contribution < -0.4 is 15.4 Å². The number of para-hydroxylation sites is 1. The van der Waals surface area contributed by atoms with Crippen molar-refractivity contribution < 1.29 is 32.2 Å². The van der Waals surface area contributed by atoms with Crippen LogP contribution in [0, 0.1) is 6.92 Å². The van der Waals surface area contributed by atoms with Crippen LogP contribution in [0.3, 0.4) is 0 Å². The number of alkyl halides is 3. The zero-order valence-corrected chi connectivity index (χ0v) is 15.7. The standard InChI is InChI=1S/C19H20F3N3O4/c1-3-28-17(27)18(19(20,21)22,24-15-10-9-13(2)11-23-15)25-16(26)12-29-14-7-5-4-6-8-14/h4-11H,3,12H2,1-2H3,(H,23,24)(H,25,26)/t18-/m0/s1. The predicted molar refractivity (Wildman–Crippen MR) is 98.1 cm³/mol. The van der Waals surface area contributed by atoms with Gasteiger partial charge in [0.25, 0.3) is 5.91 Å². The molecule has 2 N–H and O–H groups in total. The quantitative estimate of drug-likeness (QED) is 0.513. The monoisotopic (exact) mass is 411 g/mol. The van der Waals surface area contributed by atoms with Gasteiger partial charge in [-0.1, -0.05) is 24.3 Å². The summed E-state index contributed by atoms with van der Waals surface area (Å²) in [6, 6.07) is 10.8. The second-order valence-electron chi connectivity index (χ2n) is 5.96. The highest BCUT2D eigenvalue weighted by Gasteiger charge is 2.63. The Morgan fingerprint density at radius 2 is 1.79 bits per heavy atom. The van der Waals surface area contributed by atoms with Gasteiger partial charge in [0.05, 0.1) is 6.61 Å². The molecular formula is C19H20F3N3O4. The molecule has 29 heavy (non-hydrogen) atoms. The van der Waals surface area contributed by atoms with Crippen molar-refractivity contribution in [2.24, 2.45) is 0 Å². The van der Waals surface area contributed by atoms with Crippen molar-refractivity contribution in [1.82, 2.24) is 10.3 Å². The van der Waals surface area contributed by atoms with Crippen molar-refractivity contribution in [3.8, 4) is 5.75 Å². The molecule has 0 spiro atoms. The van der Waals surface area contributed by atoms with E-state index in [1.165, 1.54) is 37.4 Å². The average Bonchev–Trinajstić information content (AvgIpc) is 2.67. The van der Waals surface area contributed by atoms with Crippen LogP contribution in [0.5, 0.6) is 5.75 Å². The van der Waals surface area contributed by atoms with E-state index < -0.39 is 30.3 Å². The van der Waals surface area contributed by atoms with Crippen molar-refractivity contribution in [2.75, 3.05) is 18.5 Å². The van der Waals surface area contributed by atoms with Gasteiger partial charge in [-0.2, -0.15) is 13.2 Å². The fourth-order valence-corrected chi connectivity index (χ4v) is 2.27. The van der Waals surface area contributed by atoms with E-state index >= 15 is 0 Å². The molecular weight excluding hydrogens is 391 g/mol. The first-order valence-corrected chi connectivity index (χ1v) is 8.61. The third kappa shape index (κ3) is 5.59. The van der Waals surface area contributed by atoms with Crippen LogP contribution in [0.1, 0.15) is 12.5 Å². The molecule has 1 atom stereocenters. The van der Waals surface area contributed by atoms with Crippen molar-refractivity contribution in [3.63, 3.8) is 0 Å². The number of nitrogens with one attached hydrogen (secondary N) is 2. The van der Waals surface area contributed by atoms with E-state index in [9.17, 15) is 22.8 Å². The topological polar surface area (TPSA) is 89.5 Å². The molecule has 1 amide bonds. The van der Waals surface area contributed by atoms with Crippen molar-refractivity contribution in [3.05, 3.63) is 54.2 Å². The minimum absolute atomic E-state index is 0.273. The molecule has 2 rings (SSSR count). The molecule has 0 radical (unpaired) electrons. The van der Waals surface area contributed by atoms with Crippen LogP contribution in [-0.2, 0) is 14.3 Å². The van der Waals surface area contributed by atoms with Crippen LogP contribution in [-0.4, -0.2) is 41.9 Å². The maximum absolute atomic E-state index is 14.0. The predicted octanol–water partition coefficient (Wildman–Crippen LogP) is 2.82. The number of aromatic nitrogens is 1. The zero-order chi connectivity index (χ0) is 21.5. The van der Waals surface area contributed by atoms with E-state index in [1.807, 2.05) is 5.32 Å². The van der Waals surface area contributed by atoms with Gasteiger partial charge in [0.1, 0.15) is 11.6 Å². The zero-order valence-electron chi connectivity index (χ0n) is 15.7. The SMILES string of the molecule is CCOC(=O)[C@@](NC(=O)COc1ccccc1)(Nc1ccc(C)cn1)C(F)(F)F. The summed E-state index contributed by atoms with van der Waals surface area (Å²) in [4.78, 5) is 28.4. The first-order chi connectivity index (χ1) is 13.7. The molecule has 10 heteroatoms. The lowest BCUT2D eigenvalue weighted by atomic mass is 10.1. The molecule has 0 saturated carbocycles. The van der Waals surface area contributed by atoms with E-state index in [4.69, 9.17) is 4.74 Å².